The third-order valence-corrected chi connectivity index (χ3v) is 18.1. The van der Waals surface area contributed by atoms with Gasteiger partial charge in [-0.2, -0.15) is 0 Å². The molecule has 6 nitrogen and oxygen atoms in total. The van der Waals surface area contributed by atoms with Gasteiger partial charge in [-0.1, -0.05) is 146 Å². The number of fused-ring (bicyclic) bond motifs is 18. The van der Waals surface area contributed by atoms with Gasteiger partial charge in [-0.3, -0.25) is 0 Å². The van der Waals surface area contributed by atoms with Gasteiger partial charge in [0.05, 0.1) is 0 Å². The maximum atomic E-state index is 7.30. The molecule has 13 aromatic carbocycles. The summed E-state index contributed by atoms with van der Waals surface area (Å²) >= 11 is 0. The Bertz CT molecular complexity index is 4920. The van der Waals surface area contributed by atoms with Crippen LogP contribution in [0.25, 0.3) is 32.3 Å². The number of anilines is 9. The average molecular weight is 1030 g/mol. The third kappa shape index (κ3) is 5.89. The van der Waals surface area contributed by atoms with Crippen LogP contribution in [0.15, 0.2) is 255 Å². The molecule has 6 aliphatic heterocycles. The molecule has 0 radical (unpaired) electrons. The van der Waals surface area contributed by atoms with Crippen LogP contribution in [0.1, 0.15) is 0 Å². The molecule has 0 saturated carbocycles. The minimum atomic E-state index is -0.0897. The highest BCUT2D eigenvalue weighted by atomic mass is 16.5. The van der Waals surface area contributed by atoms with Crippen molar-refractivity contribution in [1.29, 1.82) is 0 Å². The van der Waals surface area contributed by atoms with E-state index in [4.69, 9.17) is 14.2 Å². The molecule has 0 amide bonds. The van der Waals surface area contributed by atoms with Gasteiger partial charge < -0.3 is 28.9 Å². The Kier molecular flexibility index (Phi) is 8.68. The second-order valence-corrected chi connectivity index (χ2v) is 22.2. The molecular formula is C72H42B3N3O3. The number of rotatable bonds is 3. The zero-order valence-electron chi connectivity index (χ0n) is 43.5. The summed E-state index contributed by atoms with van der Waals surface area (Å²) < 4.78 is 21.4. The van der Waals surface area contributed by atoms with Crippen molar-refractivity contribution in [3.8, 4) is 34.5 Å². The van der Waals surface area contributed by atoms with E-state index in [0.717, 1.165) is 112 Å². The summed E-state index contributed by atoms with van der Waals surface area (Å²) in [7, 11) is 0. The first kappa shape index (κ1) is 43.6. The Morgan fingerprint density at radius 2 is 0.531 bits per heavy atom. The van der Waals surface area contributed by atoms with Gasteiger partial charge >= 0.3 is 0 Å². The van der Waals surface area contributed by atoms with Crippen LogP contribution < -0.4 is 78.1 Å². The molecule has 0 aromatic heterocycles. The number of hydrogen-bond acceptors (Lipinski definition) is 6. The van der Waals surface area contributed by atoms with Crippen LogP contribution in [0.5, 0.6) is 34.5 Å². The Hall–Kier alpha value is -10.4. The van der Waals surface area contributed by atoms with E-state index in [2.05, 4.69) is 269 Å². The van der Waals surface area contributed by atoms with Crippen molar-refractivity contribution >= 4 is 153 Å². The maximum absolute atomic E-state index is 7.30. The number of hydrogen-bond donors (Lipinski definition) is 0. The average Bonchev–Trinajstić information content (AvgIpc) is 2.59. The largest absolute Gasteiger partial charge is 0.458 e. The molecule has 0 fully saturated rings. The molecule has 13 aromatic rings. The Labute approximate surface area is 468 Å². The Balaban J connectivity index is 0.926. The molecule has 372 valence electrons. The van der Waals surface area contributed by atoms with Crippen LogP contribution in [-0.2, 0) is 0 Å². The lowest BCUT2D eigenvalue weighted by Crippen LogP contribution is -2.59. The van der Waals surface area contributed by atoms with Crippen molar-refractivity contribution in [2.45, 2.75) is 0 Å². The van der Waals surface area contributed by atoms with Gasteiger partial charge in [-0.15, -0.1) is 0 Å². The molecular weight excluding hydrogens is 987 g/mol. The fourth-order valence-electron chi connectivity index (χ4n) is 14.9. The van der Waals surface area contributed by atoms with E-state index in [9.17, 15) is 0 Å². The highest BCUT2D eigenvalue weighted by Gasteiger charge is 2.46. The molecule has 0 bridgehead atoms. The van der Waals surface area contributed by atoms with Gasteiger partial charge in [0.2, 0.25) is 0 Å². The van der Waals surface area contributed by atoms with Crippen molar-refractivity contribution < 1.29 is 14.2 Å². The second kappa shape index (κ2) is 16.1. The normalized spacial score (nSPS) is 14.1. The van der Waals surface area contributed by atoms with Crippen LogP contribution in [0.3, 0.4) is 0 Å². The van der Waals surface area contributed by atoms with Crippen LogP contribution >= 0.6 is 0 Å². The summed E-state index contributed by atoms with van der Waals surface area (Å²) in [5, 5.41) is 6.90. The summed E-state index contributed by atoms with van der Waals surface area (Å²) in [4.78, 5) is 7.27. The van der Waals surface area contributed by atoms with E-state index in [0.29, 0.717) is 0 Å². The first-order valence-electron chi connectivity index (χ1n) is 28.0. The second-order valence-electron chi connectivity index (χ2n) is 22.2. The van der Waals surface area contributed by atoms with Crippen LogP contribution in [-0.4, -0.2) is 20.1 Å². The number of ether oxygens (including phenoxy) is 3. The molecule has 9 heteroatoms. The van der Waals surface area contributed by atoms with E-state index >= 15 is 0 Å². The van der Waals surface area contributed by atoms with E-state index in [1.807, 2.05) is 0 Å². The Morgan fingerprint density at radius 1 is 0.210 bits per heavy atom. The van der Waals surface area contributed by atoms with E-state index in [1.54, 1.807) is 0 Å². The first-order chi connectivity index (χ1) is 40.2. The SMILES string of the molecule is c1ccc(N2c3ccccc3B3c4cc5c(cc4Oc4cccc2c43)c2cc3c(cc2c2cc4c(cc52)B2c5ccccc5Oc5cccc(c52)N4c2ccccc2)B2c4ccccc4N(c4ccccc4)c4cccc(c42)O3)cc1. The lowest BCUT2D eigenvalue weighted by molar-refractivity contribution is 0.487. The molecule has 0 unspecified atom stereocenters. The van der Waals surface area contributed by atoms with Crippen molar-refractivity contribution in [1.82, 2.24) is 0 Å². The lowest BCUT2D eigenvalue weighted by atomic mass is 9.33. The highest BCUT2D eigenvalue weighted by molar-refractivity contribution is 7.01. The summed E-state index contributed by atoms with van der Waals surface area (Å²) in [6.07, 6.45) is 0. The lowest BCUT2D eigenvalue weighted by Gasteiger charge is -2.41. The van der Waals surface area contributed by atoms with Gasteiger partial charge in [0.1, 0.15) is 34.5 Å². The molecule has 81 heavy (non-hydrogen) atoms. The minimum absolute atomic E-state index is 0.0889. The predicted molar refractivity (Wildman–Crippen MR) is 337 cm³/mol. The maximum Gasteiger partial charge on any atom is 0.256 e. The van der Waals surface area contributed by atoms with Gasteiger partial charge in [-0.25, -0.2) is 0 Å². The molecule has 0 aliphatic carbocycles. The van der Waals surface area contributed by atoms with Crippen molar-refractivity contribution in [2.75, 3.05) is 14.7 Å². The number of nitrogens with zero attached hydrogens (tertiary/aromatic N) is 3. The smallest absolute Gasteiger partial charge is 0.256 e. The fraction of sp³-hybridized carbons (Fsp3) is 0. The first-order valence-corrected chi connectivity index (χ1v) is 28.0. The van der Waals surface area contributed by atoms with E-state index < -0.39 is 0 Å². The number of para-hydroxylation sites is 6. The van der Waals surface area contributed by atoms with Gasteiger partial charge in [0, 0.05) is 51.2 Å². The zero-order valence-corrected chi connectivity index (χ0v) is 43.5. The fourth-order valence-corrected chi connectivity index (χ4v) is 14.9. The molecule has 0 spiro atoms. The number of benzene rings is 13. The Morgan fingerprint density at radius 3 is 1.00 bits per heavy atom. The summed E-state index contributed by atoms with van der Waals surface area (Å²) in [6, 6.07) is 93.0. The van der Waals surface area contributed by atoms with Crippen molar-refractivity contribution in [2.24, 2.45) is 0 Å². The van der Waals surface area contributed by atoms with E-state index in [1.165, 1.54) is 54.9 Å². The summed E-state index contributed by atoms with van der Waals surface area (Å²) in [5.41, 5.74) is 20.9. The van der Waals surface area contributed by atoms with Crippen molar-refractivity contribution in [3.05, 3.63) is 255 Å². The third-order valence-electron chi connectivity index (χ3n) is 18.1. The monoisotopic (exact) mass is 1030 g/mol. The molecule has 0 N–H and O–H groups in total. The van der Waals surface area contributed by atoms with Gasteiger partial charge in [0.25, 0.3) is 20.1 Å². The molecule has 0 saturated heterocycles. The van der Waals surface area contributed by atoms with Crippen LogP contribution in [0.2, 0.25) is 0 Å². The predicted octanol–water partition coefficient (Wildman–Crippen LogP) is 12.4. The molecule has 6 aliphatic rings. The summed E-state index contributed by atoms with van der Waals surface area (Å²) in [6.45, 7) is -0.268. The minimum Gasteiger partial charge on any atom is -0.458 e. The van der Waals surface area contributed by atoms with Crippen LogP contribution in [0.4, 0.5) is 51.2 Å². The molecule has 6 heterocycles. The zero-order chi connectivity index (χ0) is 52.6. The van der Waals surface area contributed by atoms with Crippen LogP contribution in [0, 0.1) is 0 Å². The topological polar surface area (TPSA) is 37.4 Å². The van der Waals surface area contributed by atoms with Gasteiger partial charge in [0.15, 0.2) is 0 Å². The summed E-state index contributed by atoms with van der Waals surface area (Å²) in [5.74, 6) is 5.25. The van der Waals surface area contributed by atoms with E-state index in [-0.39, 0.29) is 20.1 Å². The standard InChI is InChI=1S/C72H42B3N3O3/c1-4-19-43(20-5-1)76-58-28-13-10-25-52(58)73-56-38-47-46-37-55-63(78(45-23-8-3-9-24-45)62-32-18-34-65-72(62)75(55)54-27-12-15-33-64(54)79-65)40-49(46)48-39-57-69(42-51(48)50(47)41-68(56)80-66-35-16-30-60(76)70(66)73)81-67-36-17-31-61-71(67)74(57)53-26-11-14-29-59(53)77(61)44-21-6-2-7-22-44/h1-42H. The highest BCUT2D eigenvalue weighted by Crippen LogP contribution is 2.48. The van der Waals surface area contributed by atoms with Gasteiger partial charge in [-0.05, 0) is 191 Å². The van der Waals surface area contributed by atoms with Crippen molar-refractivity contribution in [3.63, 3.8) is 0 Å². The molecule has 0 atom stereocenters. The quantitative estimate of drug-likeness (QED) is 0.130. The molecule has 19 rings (SSSR count).